The molecular weight excluding hydrogens is 328 g/mol. The fourth-order valence-corrected chi connectivity index (χ4v) is 3.75. The van der Waals surface area contributed by atoms with Crippen molar-refractivity contribution in [3.63, 3.8) is 0 Å². The molecule has 1 aliphatic heterocycles. The van der Waals surface area contributed by atoms with Crippen LogP contribution in [0.5, 0.6) is 0 Å². The van der Waals surface area contributed by atoms with Crippen LogP contribution >= 0.6 is 0 Å². The molecule has 1 aromatic carbocycles. The van der Waals surface area contributed by atoms with Gasteiger partial charge in [-0.15, -0.1) is 0 Å². The molecule has 0 radical (unpaired) electrons. The largest absolute Gasteiger partial charge is 0.356 e. The van der Waals surface area contributed by atoms with E-state index in [1.807, 2.05) is 23.9 Å². The minimum Gasteiger partial charge on any atom is -0.356 e. The molecule has 134 valence electrons. The van der Waals surface area contributed by atoms with Gasteiger partial charge in [0.1, 0.15) is 0 Å². The zero-order chi connectivity index (χ0) is 18.3. The third-order valence-corrected chi connectivity index (χ3v) is 5.18. The summed E-state index contributed by atoms with van der Waals surface area (Å²) in [5.74, 6) is -0.411. The molecule has 0 bridgehead atoms. The van der Waals surface area contributed by atoms with Gasteiger partial charge in [0.15, 0.2) is 0 Å². The number of carbonyl (C=O) groups excluding carboxylic acids is 1. The van der Waals surface area contributed by atoms with Gasteiger partial charge in [0.05, 0.1) is 17.6 Å². The van der Waals surface area contributed by atoms with E-state index in [4.69, 9.17) is 0 Å². The van der Waals surface area contributed by atoms with E-state index in [9.17, 15) is 9.59 Å². The molecule has 1 saturated heterocycles. The van der Waals surface area contributed by atoms with E-state index in [0.717, 1.165) is 47.1 Å². The Labute approximate surface area is 151 Å². The van der Waals surface area contributed by atoms with Gasteiger partial charge in [0.2, 0.25) is 5.91 Å². The first-order chi connectivity index (χ1) is 12.6. The third-order valence-electron chi connectivity index (χ3n) is 5.18. The average molecular weight is 350 g/mol. The molecule has 1 unspecified atom stereocenters. The number of H-pyrrole nitrogens is 1. The number of aryl methyl sites for hydroxylation is 2. The summed E-state index contributed by atoms with van der Waals surface area (Å²) in [7, 11) is 0. The molecule has 3 heterocycles. The van der Waals surface area contributed by atoms with Crippen LogP contribution in [0.1, 0.15) is 36.8 Å². The van der Waals surface area contributed by atoms with E-state index in [1.165, 1.54) is 0 Å². The molecule has 3 aromatic rings. The predicted octanol–water partition coefficient (Wildman–Crippen LogP) is 2.71. The fourth-order valence-electron chi connectivity index (χ4n) is 3.75. The maximum Gasteiger partial charge on any atom is 0.252 e. The molecule has 0 spiro atoms. The molecule has 1 atom stereocenters. The second-order valence-electron chi connectivity index (χ2n) is 6.83. The minimum absolute atomic E-state index is 0.0568. The van der Waals surface area contributed by atoms with Crippen LogP contribution < -0.4 is 10.9 Å². The summed E-state index contributed by atoms with van der Waals surface area (Å²) in [4.78, 5) is 27.7. The number of pyridine rings is 1. The molecule has 26 heavy (non-hydrogen) atoms. The Morgan fingerprint density at radius 1 is 1.27 bits per heavy atom. The van der Waals surface area contributed by atoms with E-state index in [-0.39, 0.29) is 17.4 Å². The van der Waals surface area contributed by atoms with Crippen LogP contribution in [-0.4, -0.2) is 27.2 Å². The van der Waals surface area contributed by atoms with Crippen molar-refractivity contribution in [2.75, 3.05) is 6.54 Å². The number of benzene rings is 1. The van der Waals surface area contributed by atoms with Gasteiger partial charge in [-0.25, -0.2) is 0 Å². The fraction of sp³-hybridized carbons (Fsp3) is 0.350. The molecule has 1 amide bonds. The third kappa shape index (κ3) is 2.71. The summed E-state index contributed by atoms with van der Waals surface area (Å²) in [6.07, 6.45) is 3.49. The van der Waals surface area contributed by atoms with Crippen molar-refractivity contribution in [2.24, 2.45) is 0 Å². The van der Waals surface area contributed by atoms with Crippen molar-refractivity contribution in [3.8, 4) is 11.3 Å². The molecule has 2 N–H and O–H groups in total. The van der Waals surface area contributed by atoms with Crippen molar-refractivity contribution < 1.29 is 4.79 Å². The van der Waals surface area contributed by atoms with Crippen LogP contribution in [-0.2, 0) is 11.3 Å². The monoisotopic (exact) mass is 350 g/mol. The van der Waals surface area contributed by atoms with Gasteiger partial charge in [-0.2, -0.15) is 5.10 Å². The normalized spacial score (nSPS) is 17.5. The first kappa shape index (κ1) is 16.6. The predicted molar refractivity (Wildman–Crippen MR) is 101 cm³/mol. The van der Waals surface area contributed by atoms with E-state index in [2.05, 4.69) is 34.5 Å². The Hall–Kier alpha value is -2.89. The van der Waals surface area contributed by atoms with Crippen molar-refractivity contribution in [1.29, 1.82) is 0 Å². The number of nitrogens with one attached hydrogen (secondary N) is 2. The lowest BCUT2D eigenvalue weighted by atomic mass is 9.91. The van der Waals surface area contributed by atoms with Crippen LogP contribution in [0.15, 0.2) is 35.3 Å². The number of aromatic nitrogens is 3. The topological polar surface area (TPSA) is 79.8 Å². The first-order valence-electron chi connectivity index (χ1n) is 9.06. The molecular formula is C20H22N4O2. The highest BCUT2D eigenvalue weighted by Crippen LogP contribution is 2.27. The summed E-state index contributed by atoms with van der Waals surface area (Å²) in [6, 6.07) is 7.80. The number of nitrogens with zero attached hydrogens (tertiary/aromatic N) is 2. The second kappa shape index (κ2) is 6.44. The van der Waals surface area contributed by atoms with Crippen LogP contribution in [0, 0.1) is 6.92 Å². The number of hydrogen-bond donors (Lipinski definition) is 2. The van der Waals surface area contributed by atoms with Crippen molar-refractivity contribution >= 4 is 16.8 Å². The number of amides is 1. The van der Waals surface area contributed by atoms with Crippen LogP contribution in [0.2, 0.25) is 0 Å². The number of piperidine rings is 1. The van der Waals surface area contributed by atoms with Crippen LogP contribution in [0.4, 0.5) is 0 Å². The summed E-state index contributed by atoms with van der Waals surface area (Å²) in [5, 5.41) is 8.37. The van der Waals surface area contributed by atoms with Crippen LogP contribution in [0.25, 0.3) is 22.2 Å². The zero-order valence-corrected chi connectivity index (χ0v) is 15.0. The Morgan fingerprint density at radius 2 is 2.12 bits per heavy atom. The van der Waals surface area contributed by atoms with E-state index >= 15 is 0 Å². The van der Waals surface area contributed by atoms with Crippen LogP contribution in [0.3, 0.4) is 0 Å². The number of rotatable bonds is 3. The van der Waals surface area contributed by atoms with Crippen molar-refractivity contribution in [2.45, 2.75) is 39.2 Å². The number of carbonyl (C=O) groups is 1. The lowest BCUT2D eigenvalue weighted by Gasteiger charge is -2.21. The number of fused-ring (bicyclic) bond motifs is 1. The van der Waals surface area contributed by atoms with Crippen molar-refractivity contribution in [1.82, 2.24) is 20.1 Å². The Balaban J connectivity index is 1.77. The number of aromatic amines is 1. The van der Waals surface area contributed by atoms with Gasteiger partial charge < -0.3 is 10.3 Å². The van der Waals surface area contributed by atoms with E-state index in [0.29, 0.717) is 12.1 Å². The lowest BCUT2D eigenvalue weighted by Crippen LogP contribution is -2.37. The highest BCUT2D eigenvalue weighted by molar-refractivity contribution is 5.87. The summed E-state index contributed by atoms with van der Waals surface area (Å²) < 4.78 is 1.95. The van der Waals surface area contributed by atoms with Gasteiger partial charge in [-0.3, -0.25) is 14.3 Å². The van der Waals surface area contributed by atoms with Gasteiger partial charge >= 0.3 is 0 Å². The summed E-state index contributed by atoms with van der Waals surface area (Å²) in [6.45, 7) is 5.58. The number of hydrogen-bond acceptors (Lipinski definition) is 3. The smallest absolute Gasteiger partial charge is 0.252 e. The van der Waals surface area contributed by atoms with Gasteiger partial charge in [0.25, 0.3) is 5.56 Å². The van der Waals surface area contributed by atoms with E-state index in [1.54, 1.807) is 6.07 Å². The van der Waals surface area contributed by atoms with Crippen molar-refractivity contribution in [3.05, 3.63) is 51.9 Å². The maximum absolute atomic E-state index is 12.6. The molecule has 2 aromatic heterocycles. The summed E-state index contributed by atoms with van der Waals surface area (Å²) in [5.41, 5.74) is 4.23. The lowest BCUT2D eigenvalue weighted by molar-refractivity contribution is -0.123. The molecule has 0 saturated carbocycles. The maximum atomic E-state index is 12.6. The quantitative estimate of drug-likeness (QED) is 0.762. The molecule has 4 rings (SSSR count). The SMILES string of the molecule is CCn1ncc2c(C)cc(-c3ccc(C4CCCNC4=O)c(=O)[nH]3)cc21. The average Bonchev–Trinajstić information content (AvgIpc) is 3.06. The summed E-state index contributed by atoms with van der Waals surface area (Å²) >= 11 is 0. The second-order valence-corrected chi connectivity index (χ2v) is 6.83. The Kier molecular flexibility index (Phi) is 4.11. The molecule has 1 aliphatic rings. The minimum atomic E-state index is -0.354. The molecule has 1 fully saturated rings. The first-order valence-corrected chi connectivity index (χ1v) is 9.06. The van der Waals surface area contributed by atoms with Gasteiger partial charge in [0, 0.05) is 35.3 Å². The highest BCUT2D eigenvalue weighted by Gasteiger charge is 2.26. The molecule has 6 nitrogen and oxygen atoms in total. The standard InChI is InChI=1S/C20H22N4O2/c1-3-24-18-10-13(9-12(2)16(18)11-22-24)17-7-6-15(20(26)23-17)14-5-4-8-21-19(14)25/h6-7,9-11,14H,3-5,8H2,1-2H3,(H,21,25)(H,23,26). The highest BCUT2D eigenvalue weighted by atomic mass is 16.2. The van der Waals surface area contributed by atoms with E-state index < -0.39 is 0 Å². The molecule has 6 heteroatoms. The molecule has 0 aliphatic carbocycles. The van der Waals surface area contributed by atoms with Gasteiger partial charge in [-0.05, 0) is 50.5 Å². The zero-order valence-electron chi connectivity index (χ0n) is 15.0. The van der Waals surface area contributed by atoms with Gasteiger partial charge in [-0.1, -0.05) is 6.07 Å². The Morgan fingerprint density at radius 3 is 2.85 bits per heavy atom. The Bertz CT molecular complexity index is 1050.